The zero-order chi connectivity index (χ0) is 18.1. The van der Waals surface area contributed by atoms with E-state index in [-0.39, 0.29) is 5.56 Å². The first-order valence-electron chi connectivity index (χ1n) is 7.68. The Balaban J connectivity index is 1.92. The van der Waals surface area contributed by atoms with Gasteiger partial charge in [-0.05, 0) is 49.2 Å². The summed E-state index contributed by atoms with van der Waals surface area (Å²) in [7, 11) is 1.55. The summed E-state index contributed by atoms with van der Waals surface area (Å²) < 4.78 is 5.18. The molecule has 1 aromatic heterocycles. The lowest BCUT2D eigenvalue weighted by atomic mass is 10.1. The SMILES string of the molecule is COc1ccc2[nH]cc(C(=O)C(=O)Nc3c(C)cc(C)cc3Cl)c2c1. The molecule has 3 aromatic rings. The van der Waals surface area contributed by atoms with Crippen molar-refractivity contribution < 1.29 is 14.3 Å². The van der Waals surface area contributed by atoms with Crippen molar-refractivity contribution >= 4 is 39.9 Å². The lowest BCUT2D eigenvalue weighted by Gasteiger charge is -2.11. The van der Waals surface area contributed by atoms with Crippen molar-refractivity contribution in [2.24, 2.45) is 0 Å². The molecule has 5 nitrogen and oxygen atoms in total. The highest BCUT2D eigenvalue weighted by Crippen LogP contribution is 2.28. The Labute approximate surface area is 149 Å². The smallest absolute Gasteiger partial charge is 0.296 e. The van der Waals surface area contributed by atoms with Crippen LogP contribution < -0.4 is 10.1 Å². The van der Waals surface area contributed by atoms with Crippen LogP contribution in [0.1, 0.15) is 21.5 Å². The second kappa shape index (κ2) is 6.61. The number of carbonyl (C=O) groups excluding carboxylic acids is 2. The van der Waals surface area contributed by atoms with Crippen molar-refractivity contribution in [3.63, 3.8) is 0 Å². The molecule has 0 spiro atoms. The number of anilines is 1. The Morgan fingerprint density at radius 1 is 1.16 bits per heavy atom. The van der Waals surface area contributed by atoms with E-state index >= 15 is 0 Å². The number of carbonyl (C=O) groups is 2. The summed E-state index contributed by atoms with van der Waals surface area (Å²) in [6, 6.07) is 8.93. The average Bonchev–Trinajstić information content (AvgIpc) is 3.00. The minimum absolute atomic E-state index is 0.285. The topological polar surface area (TPSA) is 71.2 Å². The van der Waals surface area contributed by atoms with Crippen LogP contribution >= 0.6 is 11.6 Å². The molecule has 0 radical (unpaired) electrons. The summed E-state index contributed by atoms with van der Waals surface area (Å²) in [6.45, 7) is 3.74. The molecule has 0 saturated carbocycles. The van der Waals surface area contributed by atoms with Crippen molar-refractivity contribution in [3.8, 4) is 5.75 Å². The van der Waals surface area contributed by atoms with Gasteiger partial charge in [0.15, 0.2) is 0 Å². The predicted octanol–water partition coefficient (Wildman–Crippen LogP) is 4.27. The summed E-state index contributed by atoms with van der Waals surface area (Å²) in [4.78, 5) is 28.0. The van der Waals surface area contributed by atoms with Gasteiger partial charge in [0.05, 0.1) is 23.4 Å². The van der Waals surface area contributed by atoms with Gasteiger partial charge in [-0.1, -0.05) is 17.7 Å². The number of hydrogen-bond donors (Lipinski definition) is 2. The first-order chi connectivity index (χ1) is 11.9. The van der Waals surface area contributed by atoms with E-state index in [0.29, 0.717) is 21.8 Å². The number of Topliss-reactive ketones (excluding diaryl/α,β-unsaturated/α-hetero) is 1. The second-order valence-electron chi connectivity index (χ2n) is 5.84. The molecule has 0 bridgehead atoms. The van der Waals surface area contributed by atoms with Gasteiger partial charge in [0.1, 0.15) is 5.75 Å². The van der Waals surface area contributed by atoms with Crippen LogP contribution in [-0.4, -0.2) is 23.8 Å². The monoisotopic (exact) mass is 356 g/mol. The normalized spacial score (nSPS) is 10.7. The van der Waals surface area contributed by atoms with Gasteiger partial charge in [0.2, 0.25) is 0 Å². The third-order valence-electron chi connectivity index (χ3n) is 4.01. The molecule has 0 saturated heterocycles. The van der Waals surface area contributed by atoms with Crippen LogP contribution in [0.4, 0.5) is 5.69 Å². The van der Waals surface area contributed by atoms with Crippen molar-refractivity contribution in [1.82, 2.24) is 4.98 Å². The summed E-state index contributed by atoms with van der Waals surface area (Å²) in [6.07, 6.45) is 1.52. The molecule has 1 amide bonds. The Bertz CT molecular complexity index is 968. The molecular weight excluding hydrogens is 340 g/mol. The van der Waals surface area contributed by atoms with Gasteiger partial charge in [-0.25, -0.2) is 0 Å². The number of aromatic nitrogens is 1. The number of amides is 1. The Morgan fingerprint density at radius 2 is 1.92 bits per heavy atom. The highest BCUT2D eigenvalue weighted by Gasteiger charge is 2.22. The second-order valence-corrected chi connectivity index (χ2v) is 6.24. The fourth-order valence-electron chi connectivity index (χ4n) is 2.78. The van der Waals surface area contributed by atoms with Crippen LogP contribution in [0.15, 0.2) is 36.5 Å². The van der Waals surface area contributed by atoms with Gasteiger partial charge >= 0.3 is 0 Å². The number of methoxy groups -OCH3 is 1. The zero-order valence-corrected chi connectivity index (χ0v) is 14.8. The van der Waals surface area contributed by atoms with Gasteiger partial charge < -0.3 is 15.0 Å². The van der Waals surface area contributed by atoms with Crippen LogP contribution in [0.2, 0.25) is 5.02 Å². The summed E-state index contributed by atoms with van der Waals surface area (Å²) in [5.74, 6) is -0.771. The van der Waals surface area contributed by atoms with Crippen LogP contribution in [0.25, 0.3) is 10.9 Å². The first kappa shape index (κ1) is 17.0. The molecule has 6 heteroatoms. The van der Waals surface area contributed by atoms with E-state index in [9.17, 15) is 9.59 Å². The molecule has 128 valence electrons. The van der Waals surface area contributed by atoms with E-state index in [0.717, 1.165) is 16.6 Å². The van der Waals surface area contributed by atoms with Crippen molar-refractivity contribution in [2.45, 2.75) is 13.8 Å². The number of ether oxygens (including phenoxy) is 1. The van der Waals surface area contributed by atoms with Crippen molar-refractivity contribution in [1.29, 1.82) is 0 Å². The third kappa shape index (κ3) is 3.23. The fraction of sp³-hybridized carbons (Fsp3) is 0.158. The van der Waals surface area contributed by atoms with E-state index in [1.54, 1.807) is 31.4 Å². The molecular formula is C19H17ClN2O3. The molecule has 3 rings (SSSR count). The highest BCUT2D eigenvalue weighted by atomic mass is 35.5. The number of fused-ring (bicyclic) bond motifs is 1. The number of nitrogens with one attached hydrogen (secondary N) is 2. The maximum Gasteiger partial charge on any atom is 0.296 e. The molecule has 2 aromatic carbocycles. The average molecular weight is 357 g/mol. The molecule has 0 atom stereocenters. The number of H-pyrrole nitrogens is 1. The fourth-order valence-corrected chi connectivity index (χ4v) is 3.15. The maximum absolute atomic E-state index is 12.6. The van der Waals surface area contributed by atoms with Crippen LogP contribution in [0.5, 0.6) is 5.75 Å². The van der Waals surface area contributed by atoms with Gasteiger partial charge in [0, 0.05) is 17.1 Å². The highest BCUT2D eigenvalue weighted by molar-refractivity contribution is 6.49. The first-order valence-corrected chi connectivity index (χ1v) is 8.06. The summed E-state index contributed by atoms with van der Waals surface area (Å²) >= 11 is 6.19. The van der Waals surface area contributed by atoms with Crippen molar-refractivity contribution in [2.75, 3.05) is 12.4 Å². The molecule has 0 aliphatic rings. The largest absolute Gasteiger partial charge is 0.497 e. The molecule has 25 heavy (non-hydrogen) atoms. The number of halogens is 1. The molecule has 2 N–H and O–H groups in total. The van der Waals surface area contributed by atoms with E-state index in [1.807, 2.05) is 19.9 Å². The lowest BCUT2D eigenvalue weighted by molar-refractivity contribution is -0.112. The van der Waals surface area contributed by atoms with Gasteiger partial charge in [-0.2, -0.15) is 0 Å². The summed E-state index contributed by atoms with van der Waals surface area (Å²) in [5.41, 5.74) is 3.26. The number of hydrogen-bond acceptors (Lipinski definition) is 3. The number of ketones is 1. The van der Waals surface area contributed by atoms with E-state index in [2.05, 4.69) is 10.3 Å². The van der Waals surface area contributed by atoms with E-state index in [4.69, 9.17) is 16.3 Å². The van der Waals surface area contributed by atoms with Gasteiger partial charge in [-0.3, -0.25) is 9.59 Å². The number of aromatic amines is 1. The van der Waals surface area contributed by atoms with E-state index in [1.165, 1.54) is 6.20 Å². The maximum atomic E-state index is 12.6. The molecule has 0 aliphatic heterocycles. The zero-order valence-electron chi connectivity index (χ0n) is 14.1. The minimum Gasteiger partial charge on any atom is -0.497 e. The molecule has 0 unspecified atom stereocenters. The Morgan fingerprint density at radius 3 is 2.60 bits per heavy atom. The van der Waals surface area contributed by atoms with Crippen LogP contribution in [0.3, 0.4) is 0 Å². The van der Waals surface area contributed by atoms with Crippen LogP contribution in [-0.2, 0) is 4.79 Å². The molecule has 0 aliphatic carbocycles. The third-order valence-corrected chi connectivity index (χ3v) is 4.31. The minimum atomic E-state index is -0.738. The summed E-state index contributed by atoms with van der Waals surface area (Å²) in [5, 5.41) is 3.65. The van der Waals surface area contributed by atoms with Gasteiger partial charge in [0.25, 0.3) is 11.7 Å². The molecule has 0 fully saturated rings. The molecule has 1 heterocycles. The Kier molecular flexibility index (Phi) is 4.51. The Hall–Kier alpha value is -2.79. The number of aryl methyl sites for hydroxylation is 2. The standard InChI is InChI=1S/C19H17ClN2O3/c1-10-6-11(2)17(15(20)7-10)22-19(24)18(23)14-9-21-16-5-4-12(25-3)8-13(14)16/h4-9,21H,1-3H3,(H,22,24). The number of rotatable bonds is 4. The van der Waals surface area contributed by atoms with Crippen molar-refractivity contribution in [3.05, 3.63) is 58.2 Å². The van der Waals surface area contributed by atoms with E-state index < -0.39 is 11.7 Å². The number of benzene rings is 2. The van der Waals surface area contributed by atoms with Crippen LogP contribution in [0, 0.1) is 13.8 Å². The lowest BCUT2D eigenvalue weighted by Crippen LogP contribution is -2.23. The quantitative estimate of drug-likeness (QED) is 0.541. The van der Waals surface area contributed by atoms with Gasteiger partial charge in [-0.15, -0.1) is 0 Å². The predicted molar refractivity (Wildman–Crippen MR) is 98.7 cm³/mol.